The van der Waals surface area contributed by atoms with Crippen molar-refractivity contribution < 1.29 is 9.59 Å². The van der Waals surface area contributed by atoms with Gasteiger partial charge in [0.2, 0.25) is 0 Å². The fourth-order valence-corrected chi connectivity index (χ4v) is 1.33. The molecular formula is C12H23N3O2. The molecule has 17 heavy (non-hydrogen) atoms. The first-order valence-corrected chi connectivity index (χ1v) is 5.88. The lowest BCUT2D eigenvalue weighted by Crippen LogP contribution is -2.27. The maximum absolute atomic E-state index is 10.7. The van der Waals surface area contributed by atoms with Gasteiger partial charge in [-0.2, -0.15) is 0 Å². The summed E-state index contributed by atoms with van der Waals surface area (Å²) in [6.45, 7) is 3.78. The topological polar surface area (TPSA) is 89.4 Å². The van der Waals surface area contributed by atoms with Crippen LogP contribution < -0.4 is 11.6 Å². The Hall–Kier alpha value is -1.36. The number of unbranched alkanes of at least 4 members (excludes halogenated alkanes) is 1. The number of hydrazine groups is 1. The molecule has 0 radical (unpaired) electrons. The molecule has 0 amide bonds. The summed E-state index contributed by atoms with van der Waals surface area (Å²) < 4.78 is 0. The minimum absolute atomic E-state index is 0.117. The van der Waals surface area contributed by atoms with E-state index in [1.807, 2.05) is 0 Å². The van der Waals surface area contributed by atoms with Crippen LogP contribution in [0.1, 0.15) is 46.0 Å². The van der Waals surface area contributed by atoms with Crippen molar-refractivity contribution in [3.8, 4) is 0 Å². The zero-order valence-corrected chi connectivity index (χ0v) is 10.7. The third kappa shape index (κ3) is 10.9. The van der Waals surface area contributed by atoms with E-state index in [0.29, 0.717) is 31.5 Å². The molecule has 0 aromatic heterocycles. The Morgan fingerprint density at radius 2 is 1.65 bits per heavy atom. The van der Waals surface area contributed by atoms with E-state index in [0.717, 1.165) is 12.8 Å². The molecule has 5 heteroatoms. The molecule has 0 aromatic rings. The van der Waals surface area contributed by atoms with Crippen molar-refractivity contribution in [1.29, 1.82) is 0 Å². The molecule has 5 nitrogen and oxygen atoms in total. The lowest BCUT2D eigenvalue weighted by atomic mass is 10.2. The Morgan fingerprint density at radius 3 is 2.18 bits per heavy atom. The van der Waals surface area contributed by atoms with Gasteiger partial charge in [-0.25, -0.2) is 5.84 Å². The summed E-state index contributed by atoms with van der Waals surface area (Å²) in [5.41, 5.74) is 6.31. The molecule has 0 unspecified atom stereocenters. The van der Waals surface area contributed by atoms with E-state index in [1.165, 1.54) is 11.9 Å². The van der Waals surface area contributed by atoms with Crippen LogP contribution in [0.5, 0.6) is 0 Å². The molecule has 0 bridgehead atoms. The van der Waals surface area contributed by atoms with Gasteiger partial charge in [0.1, 0.15) is 11.6 Å². The molecule has 4 N–H and O–H groups in total. The normalized spacial score (nSPS) is 11.4. The predicted molar refractivity (Wildman–Crippen MR) is 67.6 cm³/mol. The van der Waals surface area contributed by atoms with Crippen LogP contribution in [0.2, 0.25) is 0 Å². The number of rotatable bonds is 9. The summed E-state index contributed by atoms with van der Waals surface area (Å²) in [5.74, 6) is 6.02. The van der Waals surface area contributed by atoms with Gasteiger partial charge in [-0.15, -0.1) is 0 Å². The second-order valence-electron chi connectivity index (χ2n) is 4.30. The fourth-order valence-electron chi connectivity index (χ4n) is 1.33. The Kier molecular flexibility index (Phi) is 8.05. The third-order valence-electron chi connectivity index (χ3n) is 2.29. The minimum Gasteiger partial charge on any atom is -0.401 e. The molecule has 0 aliphatic heterocycles. The Bertz CT molecular complexity index is 287. The first-order chi connectivity index (χ1) is 7.91. The lowest BCUT2D eigenvalue weighted by molar-refractivity contribution is -0.117. The maximum atomic E-state index is 10.7. The molecule has 0 rings (SSSR count). The molecular weight excluding hydrogens is 218 g/mol. The predicted octanol–water partition coefficient (Wildman–Crippen LogP) is 1.09. The van der Waals surface area contributed by atoms with E-state index < -0.39 is 0 Å². The molecule has 0 saturated carbocycles. The highest BCUT2D eigenvalue weighted by Crippen LogP contribution is 2.02. The SMILES string of the molecule is CC(=O)CCCCN(N)/C=C(\N)CCC(C)=O. The number of hydrogen-bond acceptors (Lipinski definition) is 5. The summed E-state index contributed by atoms with van der Waals surface area (Å²) >= 11 is 0. The molecule has 0 aliphatic rings. The number of carbonyl (C=O) groups is 2. The van der Waals surface area contributed by atoms with E-state index in [2.05, 4.69) is 0 Å². The molecule has 0 fully saturated rings. The van der Waals surface area contributed by atoms with Gasteiger partial charge in [-0.3, -0.25) is 0 Å². The number of nitrogens with zero attached hydrogens (tertiary/aromatic N) is 1. The van der Waals surface area contributed by atoms with Gasteiger partial charge < -0.3 is 20.3 Å². The number of ketones is 2. The Morgan fingerprint density at radius 1 is 1.06 bits per heavy atom. The third-order valence-corrected chi connectivity index (χ3v) is 2.29. The van der Waals surface area contributed by atoms with Crippen LogP contribution in [0.4, 0.5) is 0 Å². The number of carbonyl (C=O) groups excluding carboxylic acids is 2. The Balaban J connectivity index is 3.74. The van der Waals surface area contributed by atoms with Crippen LogP contribution in [-0.2, 0) is 9.59 Å². The van der Waals surface area contributed by atoms with E-state index in [1.54, 1.807) is 13.1 Å². The van der Waals surface area contributed by atoms with E-state index >= 15 is 0 Å². The number of allylic oxidation sites excluding steroid dienone is 1. The van der Waals surface area contributed by atoms with Gasteiger partial charge in [0, 0.05) is 31.3 Å². The first-order valence-electron chi connectivity index (χ1n) is 5.88. The number of Topliss-reactive ketones (excluding diaryl/α,β-unsaturated/α-hetero) is 2. The van der Waals surface area contributed by atoms with Crippen LogP contribution in [0.15, 0.2) is 11.9 Å². The average molecular weight is 241 g/mol. The van der Waals surface area contributed by atoms with Crippen molar-refractivity contribution in [3.05, 3.63) is 11.9 Å². The van der Waals surface area contributed by atoms with Crippen molar-refractivity contribution >= 4 is 11.6 Å². The van der Waals surface area contributed by atoms with E-state index in [9.17, 15) is 9.59 Å². The molecule has 0 aliphatic carbocycles. The van der Waals surface area contributed by atoms with Gasteiger partial charge in [0.15, 0.2) is 0 Å². The molecule has 0 spiro atoms. The quantitative estimate of drug-likeness (QED) is 0.358. The standard InChI is InChI=1S/C12H23N3O2/c1-10(16)5-3-4-8-15(14)9-12(13)7-6-11(2)17/h9H,3-8,13-14H2,1-2H3/b12-9-. The first kappa shape index (κ1) is 15.6. The highest BCUT2D eigenvalue weighted by Gasteiger charge is 1.99. The second kappa shape index (κ2) is 8.75. The van der Waals surface area contributed by atoms with Gasteiger partial charge in [-0.1, -0.05) is 0 Å². The monoisotopic (exact) mass is 241 g/mol. The van der Waals surface area contributed by atoms with Gasteiger partial charge in [0.25, 0.3) is 0 Å². The van der Waals surface area contributed by atoms with Gasteiger partial charge >= 0.3 is 0 Å². The smallest absolute Gasteiger partial charge is 0.130 e. The van der Waals surface area contributed by atoms with Gasteiger partial charge in [0.05, 0.1) is 0 Å². The zero-order chi connectivity index (χ0) is 13.3. The highest BCUT2D eigenvalue weighted by atomic mass is 16.1. The molecule has 98 valence electrons. The number of hydrogen-bond donors (Lipinski definition) is 2. The molecule has 0 heterocycles. The zero-order valence-electron chi connectivity index (χ0n) is 10.7. The molecule has 0 saturated heterocycles. The van der Waals surface area contributed by atoms with Crippen LogP contribution >= 0.6 is 0 Å². The summed E-state index contributed by atoms with van der Waals surface area (Å²) in [4.78, 5) is 21.5. The average Bonchev–Trinajstić information content (AvgIpc) is 2.21. The number of nitrogens with two attached hydrogens (primary N) is 2. The maximum Gasteiger partial charge on any atom is 0.130 e. The summed E-state index contributed by atoms with van der Waals surface area (Å²) in [6, 6.07) is 0. The second-order valence-corrected chi connectivity index (χ2v) is 4.30. The largest absolute Gasteiger partial charge is 0.401 e. The van der Waals surface area contributed by atoms with Crippen molar-refractivity contribution in [3.63, 3.8) is 0 Å². The van der Waals surface area contributed by atoms with Crippen molar-refractivity contribution in [2.45, 2.75) is 46.0 Å². The van der Waals surface area contributed by atoms with Crippen LogP contribution in [0.25, 0.3) is 0 Å². The van der Waals surface area contributed by atoms with E-state index in [-0.39, 0.29) is 11.6 Å². The lowest BCUT2D eigenvalue weighted by Gasteiger charge is -2.14. The van der Waals surface area contributed by atoms with Crippen molar-refractivity contribution in [2.24, 2.45) is 11.6 Å². The van der Waals surface area contributed by atoms with Crippen LogP contribution in [-0.4, -0.2) is 23.1 Å². The summed E-state index contributed by atoms with van der Waals surface area (Å²) in [7, 11) is 0. The molecule has 0 atom stereocenters. The van der Waals surface area contributed by atoms with Crippen molar-refractivity contribution in [1.82, 2.24) is 5.01 Å². The van der Waals surface area contributed by atoms with Crippen LogP contribution in [0.3, 0.4) is 0 Å². The Labute approximate surface area is 103 Å². The van der Waals surface area contributed by atoms with E-state index in [4.69, 9.17) is 11.6 Å². The van der Waals surface area contributed by atoms with Crippen LogP contribution in [0, 0.1) is 0 Å². The summed E-state index contributed by atoms with van der Waals surface area (Å²) in [6.07, 6.45) is 4.92. The highest BCUT2D eigenvalue weighted by molar-refractivity contribution is 5.75. The van der Waals surface area contributed by atoms with Crippen molar-refractivity contribution in [2.75, 3.05) is 6.54 Å². The summed E-state index contributed by atoms with van der Waals surface area (Å²) in [5, 5.41) is 1.51. The van der Waals surface area contributed by atoms with Gasteiger partial charge in [-0.05, 0) is 33.1 Å². The fraction of sp³-hybridized carbons (Fsp3) is 0.667. The molecule has 0 aromatic carbocycles. The minimum atomic E-state index is 0.117.